The van der Waals surface area contributed by atoms with Crippen LogP contribution in [0.5, 0.6) is 0 Å². The maximum atomic E-state index is 13.0. The van der Waals surface area contributed by atoms with E-state index in [9.17, 15) is 14.4 Å². The smallest absolute Gasteiger partial charge is 0.277 e. The van der Waals surface area contributed by atoms with Crippen LogP contribution < -0.4 is 0 Å². The fourth-order valence-corrected chi connectivity index (χ4v) is 4.93. The normalized spacial score (nSPS) is 18.7. The number of benzene rings is 2. The molecule has 0 bridgehead atoms. The highest BCUT2D eigenvalue weighted by Gasteiger charge is 2.36. The van der Waals surface area contributed by atoms with Crippen molar-refractivity contribution >= 4 is 28.6 Å². The first-order valence-electron chi connectivity index (χ1n) is 10.7. The minimum absolute atomic E-state index is 0.0764. The van der Waals surface area contributed by atoms with Crippen LogP contribution >= 0.6 is 0 Å². The average molecular weight is 415 g/mol. The summed E-state index contributed by atoms with van der Waals surface area (Å²) in [6.45, 7) is 5.32. The number of hydrogen-bond acceptors (Lipinski definition) is 3. The van der Waals surface area contributed by atoms with Crippen LogP contribution in [0.2, 0.25) is 0 Å². The number of carbonyl (C=O) groups is 3. The van der Waals surface area contributed by atoms with Crippen LogP contribution in [-0.2, 0) is 16.1 Å². The van der Waals surface area contributed by atoms with Gasteiger partial charge in [-0.2, -0.15) is 0 Å². The lowest BCUT2D eigenvalue weighted by Gasteiger charge is -2.28. The molecule has 0 aliphatic carbocycles. The molecule has 1 aromatic heterocycles. The van der Waals surface area contributed by atoms with Crippen molar-refractivity contribution in [3.63, 3.8) is 0 Å². The van der Waals surface area contributed by atoms with Gasteiger partial charge in [-0.1, -0.05) is 47.5 Å². The van der Waals surface area contributed by atoms with E-state index < -0.39 is 5.91 Å². The lowest BCUT2D eigenvalue weighted by atomic mass is 9.95. The van der Waals surface area contributed by atoms with Crippen molar-refractivity contribution in [1.29, 1.82) is 0 Å². The van der Waals surface area contributed by atoms with Gasteiger partial charge in [0.2, 0.25) is 11.8 Å². The summed E-state index contributed by atoms with van der Waals surface area (Å²) in [5.74, 6) is -0.612. The van der Waals surface area contributed by atoms with Crippen LogP contribution in [-0.4, -0.2) is 51.7 Å². The molecule has 0 N–H and O–H groups in total. The van der Waals surface area contributed by atoms with Gasteiger partial charge in [0.15, 0.2) is 0 Å². The van der Waals surface area contributed by atoms with E-state index in [1.807, 2.05) is 24.3 Å². The second kappa shape index (κ2) is 7.38. The van der Waals surface area contributed by atoms with E-state index in [0.29, 0.717) is 18.8 Å². The summed E-state index contributed by atoms with van der Waals surface area (Å²) in [5.41, 5.74) is 5.02. The van der Waals surface area contributed by atoms with Crippen molar-refractivity contribution in [3.8, 4) is 0 Å². The lowest BCUT2D eigenvalue weighted by molar-refractivity contribution is -0.138. The molecule has 3 aromatic rings. The molecule has 0 radical (unpaired) electrons. The van der Waals surface area contributed by atoms with Crippen molar-refractivity contribution in [1.82, 2.24) is 14.4 Å². The van der Waals surface area contributed by atoms with E-state index in [2.05, 4.69) is 32.0 Å². The molecular weight excluding hydrogens is 390 g/mol. The molecule has 2 aliphatic rings. The molecule has 1 unspecified atom stereocenters. The molecule has 1 atom stereocenters. The summed E-state index contributed by atoms with van der Waals surface area (Å²) in [6.07, 6.45) is 0.894. The molecule has 6 nitrogen and oxygen atoms in total. The van der Waals surface area contributed by atoms with Crippen molar-refractivity contribution < 1.29 is 14.4 Å². The van der Waals surface area contributed by atoms with Gasteiger partial charge >= 0.3 is 0 Å². The second-order valence-corrected chi connectivity index (χ2v) is 8.71. The van der Waals surface area contributed by atoms with Crippen LogP contribution in [0.4, 0.5) is 0 Å². The maximum absolute atomic E-state index is 13.0. The summed E-state index contributed by atoms with van der Waals surface area (Å²) in [5, 5.41) is 0.919. The fourth-order valence-electron chi connectivity index (χ4n) is 4.93. The zero-order valence-corrected chi connectivity index (χ0v) is 17.8. The SMILES string of the molecule is Cc1cc(C)cc(C2CCN(C(=O)CN3C(=O)Cn4c(cc5ccccc54)C3=O)C2)c1. The molecule has 2 aliphatic heterocycles. The zero-order chi connectivity index (χ0) is 21.7. The summed E-state index contributed by atoms with van der Waals surface area (Å²) in [4.78, 5) is 41.6. The van der Waals surface area contributed by atoms with E-state index in [1.165, 1.54) is 16.7 Å². The molecule has 0 saturated carbocycles. The molecular formula is C25H25N3O3. The molecule has 3 amide bonds. The highest BCUT2D eigenvalue weighted by atomic mass is 16.2. The van der Waals surface area contributed by atoms with Gasteiger partial charge in [-0.15, -0.1) is 0 Å². The fraction of sp³-hybridized carbons (Fsp3) is 0.320. The van der Waals surface area contributed by atoms with Crippen LogP contribution in [0.3, 0.4) is 0 Å². The number of imide groups is 1. The predicted octanol–water partition coefficient (Wildman–Crippen LogP) is 3.26. The Hall–Kier alpha value is -3.41. The predicted molar refractivity (Wildman–Crippen MR) is 118 cm³/mol. The first-order chi connectivity index (χ1) is 14.9. The number of carbonyl (C=O) groups excluding carboxylic acids is 3. The number of aryl methyl sites for hydroxylation is 2. The molecule has 158 valence electrons. The molecule has 1 fully saturated rings. The van der Waals surface area contributed by atoms with E-state index in [4.69, 9.17) is 0 Å². The van der Waals surface area contributed by atoms with Crippen LogP contribution in [0.1, 0.15) is 39.5 Å². The number of likely N-dealkylation sites (tertiary alicyclic amines) is 1. The van der Waals surface area contributed by atoms with Gasteiger partial charge in [0.1, 0.15) is 18.8 Å². The Balaban J connectivity index is 1.31. The standard InChI is InChI=1S/C25H25N3O3/c1-16-9-17(2)11-20(10-16)19-7-8-26(13-19)23(29)14-28-24(30)15-27-21-6-4-3-5-18(21)12-22(27)25(28)31/h3-6,9-12,19H,7-8,13-15H2,1-2H3. The van der Waals surface area contributed by atoms with Gasteiger partial charge in [0.25, 0.3) is 5.91 Å². The first-order valence-corrected chi connectivity index (χ1v) is 10.7. The Bertz CT molecular complexity index is 1210. The minimum Gasteiger partial charge on any atom is -0.341 e. The third kappa shape index (κ3) is 3.42. The largest absolute Gasteiger partial charge is 0.341 e. The molecule has 0 spiro atoms. The summed E-state index contributed by atoms with van der Waals surface area (Å²) in [7, 11) is 0. The van der Waals surface area contributed by atoms with Crippen molar-refractivity contribution in [3.05, 3.63) is 70.9 Å². The Kier molecular flexibility index (Phi) is 4.65. The number of nitrogens with zero attached hydrogens (tertiary/aromatic N) is 3. The number of rotatable bonds is 3. The number of para-hydroxylation sites is 1. The highest BCUT2D eigenvalue weighted by Crippen LogP contribution is 2.29. The number of aromatic nitrogens is 1. The third-order valence-corrected chi connectivity index (χ3v) is 6.42. The van der Waals surface area contributed by atoms with Crippen molar-refractivity contribution in [2.24, 2.45) is 0 Å². The highest BCUT2D eigenvalue weighted by molar-refractivity contribution is 6.11. The third-order valence-electron chi connectivity index (χ3n) is 6.42. The molecule has 3 heterocycles. The number of fused-ring (bicyclic) bond motifs is 3. The summed E-state index contributed by atoms with van der Waals surface area (Å²) in [6, 6.07) is 15.9. The summed E-state index contributed by atoms with van der Waals surface area (Å²) < 4.78 is 1.74. The molecule has 5 rings (SSSR count). The lowest BCUT2D eigenvalue weighted by Crippen LogP contribution is -2.49. The molecule has 2 aromatic carbocycles. The Morgan fingerprint density at radius 1 is 1.03 bits per heavy atom. The Morgan fingerprint density at radius 2 is 1.77 bits per heavy atom. The molecule has 1 saturated heterocycles. The first kappa shape index (κ1) is 19.5. The van der Waals surface area contributed by atoms with Crippen LogP contribution in [0, 0.1) is 13.8 Å². The molecule has 6 heteroatoms. The van der Waals surface area contributed by atoms with E-state index in [1.54, 1.807) is 15.5 Å². The van der Waals surface area contributed by atoms with Crippen LogP contribution in [0.25, 0.3) is 10.9 Å². The number of amides is 3. The summed E-state index contributed by atoms with van der Waals surface area (Å²) >= 11 is 0. The quantitative estimate of drug-likeness (QED) is 0.617. The van der Waals surface area contributed by atoms with E-state index >= 15 is 0 Å². The van der Waals surface area contributed by atoms with Crippen molar-refractivity contribution in [2.75, 3.05) is 19.6 Å². The van der Waals surface area contributed by atoms with Gasteiger partial charge < -0.3 is 9.47 Å². The van der Waals surface area contributed by atoms with Gasteiger partial charge in [-0.25, -0.2) is 0 Å². The monoisotopic (exact) mass is 415 g/mol. The average Bonchev–Trinajstić information content (AvgIpc) is 3.36. The Morgan fingerprint density at radius 3 is 2.55 bits per heavy atom. The topological polar surface area (TPSA) is 62.6 Å². The van der Waals surface area contributed by atoms with E-state index in [0.717, 1.165) is 22.2 Å². The van der Waals surface area contributed by atoms with Gasteiger partial charge in [-0.3, -0.25) is 19.3 Å². The second-order valence-electron chi connectivity index (χ2n) is 8.71. The zero-order valence-electron chi connectivity index (χ0n) is 17.8. The van der Waals surface area contributed by atoms with E-state index in [-0.39, 0.29) is 30.8 Å². The number of hydrogen-bond donors (Lipinski definition) is 0. The van der Waals surface area contributed by atoms with Gasteiger partial charge in [0, 0.05) is 29.9 Å². The maximum Gasteiger partial charge on any atom is 0.277 e. The van der Waals surface area contributed by atoms with Gasteiger partial charge in [-0.05, 0) is 38.0 Å². The van der Waals surface area contributed by atoms with Crippen LogP contribution in [0.15, 0.2) is 48.5 Å². The Labute approximate surface area is 181 Å². The van der Waals surface area contributed by atoms with Crippen molar-refractivity contribution in [2.45, 2.75) is 32.7 Å². The minimum atomic E-state index is -0.397. The van der Waals surface area contributed by atoms with Gasteiger partial charge in [0.05, 0.1) is 0 Å². The molecule has 31 heavy (non-hydrogen) atoms.